The molecule has 1 aliphatic rings. The Morgan fingerprint density at radius 2 is 2.00 bits per heavy atom. The van der Waals surface area contributed by atoms with Gasteiger partial charge >= 0.3 is 6.18 Å². The van der Waals surface area contributed by atoms with Crippen molar-refractivity contribution in [2.75, 3.05) is 18.2 Å². The standard InChI is InChI=1S/C19H19F3N4O2/c1-13-7-9-26(25-13)16-4-2-15(3-5-16)18(27)24-11-14-6-8-23-17(10-14)28-12-19(20,21)22/h2-6,8,10H,7,9,11-12H2,1H3,(H,24,27). The zero-order chi connectivity index (χ0) is 20.1. The van der Waals surface area contributed by atoms with Crippen LogP contribution in [0.2, 0.25) is 0 Å². The minimum Gasteiger partial charge on any atom is -0.468 e. The summed E-state index contributed by atoms with van der Waals surface area (Å²) in [4.78, 5) is 16.0. The summed E-state index contributed by atoms with van der Waals surface area (Å²) in [5, 5.41) is 9.02. The van der Waals surface area contributed by atoms with Gasteiger partial charge < -0.3 is 10.1 Å². The number of rotatable bonds is 6. The number of halogens is 3. The molecule has 1 amide bonds. The smallest absolute Gasteiger partial charge is 0.422 e. The quantitative estimate of drug-likeness (QED) is 0.817. The van der Waals surface area contributed by atoms with Crippen molar-refractivity contribution in [1.82, 2.24) is 10.3 Å². The molecule has 2 heterocycles. The Bertz CT molecular complexity index is 866. The third-order valence-electron chi connectivity index (χ3n) is 4.04. The van der Waals surface area contributed by atoms with E-state index in [9.17, 15) is 18.0 Å². The first kappa shape index (κ1) is 19.7. The molecule has 0 radical (unpaired) electrons. The van der Waals surface area contributed by atoms with Gasteiger partial charge in [-0.3, -0.25) is 9.80 Å². The number of benzene rings is 1. The van der Waals surface area contributed by atoms with Gasteiger partial charge in [-0.05, 0) is 42.8 Å². The molecule has 0 saturated heterocycles. The van der Waals surface area contributed by atoms with Crippen molar-refractivity contribution >= 4 is 17.3 Å². The van der Waals surface area contributed by atoms with Gasteiger partial charge in [0.15, 0.2) is 6.61 Å². The highest BCUT2D eigenvalue weighted by Crippen LogP contribution is 2.20. The molecule has 0 saturated carbocycles. The molecule has 3 rings (SSSR count). The maximum Gasteiger partial charge on any atom is 0.422 e. The van der Waals surface area contributed by atoms with Gasteiger partial charge in [-0.25, -0.2) is 4.98 Å². The number of pyridine rings is 1. The van der Waals surface area contributed by atoms with Crippen LogP contribution in [0.3, 0.4) is 0 Å². The molecule has 0 spiro atoms. The molecular weight excluding hydrogens is 373 g/mol. The van der Waals surface area contributed by atoms with Crippen LogP contribution >= 0.6 is 0 Å². The predicted molar refractivity (Wildman–Crippen MR) is 98.5 cm³/mol. The SMILES string of the molecule is CC1=NN(c2ccc(C(=O)NCc3ccnc(OCC(F)(F)F)c3)cc2)CC1. The van der Waals surface area contributed by atoms with Crippen molar-refractivity contribution in [2.45, 2.75) is 26.1 Å². The van der Waals surface area contributed by atoms with Gasteiger partial charge in [0, 0.05) is 43.0 Å². The fourth-order valence-corrected chi connectivity index (χ4v) is 2.63. The van der Waals surface area contributed by atoms with E-state index in [0.717, 1.165) is 24.4 Å². The largest absolute Gasteiger partial charge is 0.468 e. The van der Waals surface area contributed by atoms with E-state index in [1.807, 2.05) is 24.1 Å². The van der Waals surface area contributed by atoms with Gasteiger partial charge in [-0.2, -0.15) is 18.3 Å². The monoisotopic (exact) mass is 392 g/mol. The first-order valence-electron chi connectivity index (χ1n) is 8.64. The fourth-order valence-electron chi connectivity index (χ4n) is 2.63. The van der Waals surface area contributed by atoms with Crippen LogP contribution in [0.5, 0.6) is 5.88 Å². The van der Waals surface area contributed by atoms with E-state index in [1.54, 1.807) is 18.2 Å². The van der Waals surface area contributed by atoms with Crippen LogP contribution in [0.1, 0.15) is 29.3 Å². The van der Waals surface area contributed by atoms with Gasteiger partial charge in [-0.1, -0.05) is 0 Å². The van der Waals surface area contributed by atoms with Crippen molar-refractivity contribution in [2.24, 2.45) is 5.10 Å². The van der Waals surface area contributed by atoms with E-state index < -0.39 is 12.8 Å². The lowest BCUT2D eigenvalue weighted by Crippen LogP contribution is -2.23. The van der Waals surface area contributed by atoms with Crippen LogP contribution in [0.15, 0.2) is 47.7 Å². The van der Waals surface area contributed by atoms with E-state index in [4.69, 9.17) is 0 Å². The van der Waals surface area contributed by atoms with Crippen molar-refractivity contribution in [3.63, 3.8) is 0 Å². The summed E-state index contributed by atoms with van der Waals surface area (Å²) in [7, 11) is 0. The summed E-state index contributed by atoms with van der Waals surface area (Å²) >= 11 is 0. The second kappa shape index (κ2) is 8.28. The number of nitrogens with one attached hydrogen (secondary N) is 1. The fraction of sp³-hybridized carbons (Fsp3) is 0.316. The molecule has 0 fully saturated rings. The van der Waals surface area contributed by atoms with Crippen molar-refractivity contribution < 1.29 is 22.7 Å². The molecule has 1 aromatic carbocycles. The average molecular weight is 392 g/mol. The number of nitrogens with zero attached hydrogens (tertiary/aromatic N) is 3. The number of hydrogen-bond donors (Lipinski definition) is 1. The number of aromatic nitrogens is 1. The van der Waals surface area contributed by atoms with Crippen LogP contribution in [0.4, 0.5) is 18.9 Å². The Labute approximate surface area is 160 Å². The number of carbonyl (C=O) groups is 1. The Morgan fingerprint density at radius 1 is 1.25 bits per heavy atom. The molecule has 1 N–H and O–H groups in total. The molecule has 6 nitrogen and oxygen atoms in total. The second-order valence-corrected chi connectivity index (χ2v) is 6.34. The lowest BCUT2D eigenvalue weighted by atomic mass is 10.2. The van der Waals surface area contributed by atoms with E-state index >= 15 is 0 Å². The Kier molecular flexibility index (Phi) is 5.81. The minimum atomic E-state index is -4.43. The zero-order valence-corrected chi connectivity index (χ0v) is 15.2. The third-order valence-corrected chi connectivity index (χ3v) is 4.04. The number of amides is 1. The molecule has 0 atom stereocenters. The number of hydrazone groups is 1. The minimum absolute atomic E-state index is 0.140. The zero-order valence-electron chi connectivity index (χ0n) is 15.2. The van der Waals surface area contributed by atoms with E-state index in [-0.39, 0.29) is 18.3 Å². The molecule has 2 aromatic rings. The van der Waals surface area contributed by atoms with Crippen LogP contribution in [-0.2, 0) is 6.54 Å². The lowest BCUT2D eigenvalue weighted by molar-refractivity contribution is -0.154. The Balaban J connectivity index is 1.55. The first-order chi connectivity index (χ1) is 13.3. The summed E-state index contributed by atoms with van der Waals surface area (Å²) in [6.07, 6.45) is -2.18. The van der Waals surface area contributed by atoms with Gasteiger partial charge in [0.2, 0.25) is 5.88 Å². The number of hydrogen-bond acceptors (Lipinski definition) is 5. The molecule has 148 valence electrons. The molecule has 1 aliphatic heterocycles. The number of anilines is 1. The van der Waals surface area contributed by atoms with Crippen LogP contribution in [-0.4, -0.2) is 35.9 Å². The lowest BCUT2D eigenvalue weighted by Gasteiger charge is -2.14. The maximum absolute atomic E-state index is 12.3. The topological polar surface area (TPSA) is 66.8 Å². The molecule has 1 aromatic heterocycles. The highest BCUT2D eigenvalue weighted by molar-refractivity contribution is 5.94. The summed E-state index contributed by atoms with van der Waals surface area (Å²) in [5.41, 5.74) is 3.04. The van der Waals surface area contributed by atoms with Crippen LogP contribution < -0.4 is 15.1 Å². The molecule has 9 heteroatoms. The Morgan fingerprint density at radius 3 is 2.64 bits per heavy atom. The number of carbonyl (C=O) groups excluding carboxylic acids is 1. The van der Waals surface area contributed by atoms with Crippen LogP contribution in [0.25, 0.3) is 0 Å². The van der Waals surface area contributed by atoms with Gasteiger partial charge in [0.05, 0.1) is 5.69 Å². The van der Waals surface area contributed by atoms with Gasteiger partial charge in [-0.15, -0.1) is 0 Å². The summed E-state index contributed by atoms with van der Waals surface area (Å²) in [6, 6.07) is 10.0. The van der Waals surface area contributed by atoms with E-state index in [2.05, 4.69) is 20.1 Å². The van der Waals surface area contributed by atoms with E-state index in [1.165, 1.54) is 12.3 Å². The summed E-state index contributed by atoms with van der Waals surface area (Å²) < 4.78 is 41.2. The Hall–Kier alpha value is -3.10. The normalized spacial score (nSPS) is 14.0. The highest BCUT2D eigenvalue weighted by atomic mass is 19.4. The molecule has 28 heavy (non-hydrogen) atoms. The number of ether oxygens (including phenoxy) is 1. The third kappa shape index (κ3) is 5.45. The number of alkyl halides is 3. The van der Waals surface area contributed by atoms with Crippen molar-refractivity contribution in [3.8, 4) is 5.88 Å². The second-order valence-electron chi connectivity index (χ2n) is 6.34. The maximum atomic E-state index is 12.3. The van der Waals surface area contributed by atoms with Crippen LogP contribution in [0, 0.1) is 0 Å². The van der Waals surface area contributed by atoms with Gasteiger partial charge in [0.25, 0.3) is 5.91 Å². The molecule has 0 aliphatic carbocycles. The predicted octanol–water partition coefficient (Wildman–Crippen LogP) is 3.54. The van der Waals surface area contributed by atoms with Crippen molar-refractivity contribution in [3.05, 3.63) is 53.7 Å². The van der Waals surface area contributed by atoms with E-state index in [0.29, 0.717) is 11.1 Å². The molecular formula is C19H19F3N4O2. The first-order valence-corrected chi connectivity index (χ1v) is 8.64. The van der Waals surface area contributed by atoms with Crippen molar-refractivity contribution in [1.29, 1.82) is 0 Å². The molecule has 0 unspecified atom stereocenters. The molecule has 0 bridgehead atoms. The highest BCUT2D eigenvalue weighted by Gasteiger charge is 2.28. The van der Waals surface area contributed by atoms with Gasteiger partial charge in [0.1, 0.15) is 0 Å². The summed E-state index contributed by atoms with van der Waals surface area (Å²) in [5.74, 6) is -0.433. The summed E-state index contributed by atoms with van der Waals surface area (Å²) in [6.45, 7) is 1.52. The average Bonchev–Trinajstić information content (AvgIpc) is 3.11.